The molecule has 1 saturated carbocycles. The van der Waals surface area contributed by atoms with Gasteiger partial charge >= 0.3 is 0 Å². The second kappa shape index (κ2) is 2.68. The van der Waals surface area contributed by atoms with Crippen LogP contribution in [0.5, 0.6) is 0 Å². The molecular weight excluding hydrogens is 164 g/mol. The van der Waals surface area contributed by atoms with E-state index in [1.54, 1.807) is 0 Å². The SMILES string of the molecule is C[C@]12CCC=C[C@@]1(O)CC(=O)CC2. The molecule has 0 bridgehead atoms. The van der Waals surface area contributed by atoms with E-state index in [0.29, 0.717) is 12.8 Å². The van der Waals surface area contributed by atoms with Gasteiger partial charge in [-0.05, 0) is 19.3 Å². The number of Topliss-reactive ketones (excluding diaryl/α,β-unsaturated/α-hetero) is 1. The van der Waals surface area contributed by atoms with Crippen LogP contribution in [0.2, 0.25) is 0 Å². The van der Waals surface area contributed by atoms with Crippen molar-refractivity contribution >= 4 is 5.78 Å². The van der Waals surface area contributed by atoms with E-state index in [1.807, 2.05) is 12.2 Å². The second-order valence-corrected chi connectivity index (χ2v) is 4.64. The van der Waals surface area contributed by atoms with E-state index in [4.69, 9.17) is 0 Å². The van der Waals surface area contributed by atoms with Crippen molar-refractivity contribution in [3.8, 4) is 0 Å². The number of fused-ring (bicyclic) bond motifs is 1. The van der Waals surface area contributed by atoms with Crippen LogP contribution in [0.25, 0.3) is 0 Å². The highest BCUT2D eigenvalue weighted by molar-refractivity contribution is 5.81. The number of rotatable bonds is 0. The molecule has 0 radical (unpaired) electrons. The van der Waals surface area contributed by atoms with Crippen LogP contribution >= 0.6 is 0 Å². The molecule has 2 rings (SSSR count). The Balaban J connectivity index is 2.34. The number of hydrogen-bond acceptors (Lipinski definition) is 2. The van der Waals surface area contributed by atoms with E-state index < -0.39 is 5.60 Å². The zero-order valence-corrected chi connectivity index (χ0v) is 8.05. The van der Waals surface area contributed by atoms with Crippen molar-refractivity contribution in [1.82, 2.24) is 0 Å². The molecule has 2 atom stereocenters. The van der Waals surface area contributed by atoms with Crippen LogP contribution in [0, 0.1) is 5.41 Å². The molecule has 2 aliphatic rings. The number of carbonyl (C=O) groups excluding carboxylic acids is 1. The minimum atomic E-state index is -0.847. The van der Waals surface area contributed by atoms with Crippen molar-refractivity contribution in [1.29, 1.82) is 0 Å². The zero-order valence-electron chi connectivity index (χ0n) is 8.05. The Kier molecular flexibility index (Phi) is 1.84. The Morgan fingerprint density at radius 1 is 1.46 bits per heavy atom. The van der Waals surface area contributed by atoms with Gasteiger partial charge in [-0.15, -0.1) is 0 Å². The van der Waals surface area contributed by atoms with Crippen molar-refractivity contribution in [2.75, 3.05) is 0 Å². The summed E-state index contributed by atoms with van der Waals surface area (Å²) >= 11 is 0. The minimum Gasteiger partial charge on any atom is -0.385 e. The molecular formula is C11H16O2. The summed E-state index contributed by atoms with van der Waals surface area (Å²) < 4.78 is 0. The smallest absolute Gasteiger partial charge is 0.136 e. The van der Waals surface area contributed by atoms with Crippen molar-refractivity contribution in [2.24, 2.45) is 5.41 Å². The first-order valence-corrected chi connectivity index (χ1v) is 4.98. The third-order valence-electron chi connectivity index (χ3n) is 3.72. The van der Waals surface area contributed by atoms with Crippen molar-refractivity contribution in [3.63, 3.8) is 0 Å². The fourth-order valence-electron chi connectivity index (χ4n) is 2.52. The molecule has 0 aliphatic heterocycles. The van der Waals surface area contributed by atoms with Gasteiger partial charge < -0.3 is 5.11 Å². The lowest BCUT2D eigenvalue weighted by molar-refractivity contribution is -0.137. The quantitative estimate of drug-likeness (QED) is 0.577. The molecule has 72 valence electrons. The van der Waals surface area contributed by atoms with Crippen LogP contribution in [-0.4, -0.2) is 16.5 Å². The van der Waals surface area contributed by atoms with E-state index >= 15 is 0 Å². The molecule has 0 aromatic rings. The van der Waals surface area contributed by atoms with Gasteiger partial charge in [-0.2, -0.15) is 0 Å². The van der Waals surface area contributed by atoms with Crippen LogP contribution in [0.4, 0.5) is 0 Å². The number of carbonyl (C=O) groups is 1. The van der Waals surface area contributed by atoms with E-state index in [1.165, 1.54) is 0 Å². The Bertz CT molecular complexity index is 269. The van der Waals surface area contributed by atoms with Crippen LogP contribution in [0.3, 0.4) is 0 Å². The van der Waals surface area contributed by atoms with Crippen LogP contribution in [0.1, 0.15) is 39.0 Å². The minimum absolute atomic E-state index is 0.0599. The van der Waals surface area contributed by atoms with Gasteiger partial charge in [-0.1, -0.05) is 19.1 Å². The van der Waals surface area contributed by atoms with E-state index in [2.05, 4.69) is 6.92 Å². The Morgan fingerprint density at radius 2 is 2.23 bits per heavy atom. The first-order chi connectivity index (χ1) is 6.06. The zero-order chi connectivity index (χ0) is 9.53. The van der Waals surface area contributed by atoms with Crippen molar-refractivity contribution < 1.29 is 9.90 Å². The number of allylic oxidation sites excluding steroid dienone is 1. The number of ketones is 1. The lowest BCUT2D eigenvalue weighted by Crippen LogP contribution is -2.51. The molecule has 13 heavy (non-hydrogen) atoms. The molecule has 1 fully saturated rings. The van der Waals surface area contributed by atoms with Gasteiger partial charge in [-0.25, -0.2) is 0 Å². The standard InChI is InChI=1S/C11H16O2/c1-10-5-2-3-6-11(10,13)8-9(12)4-7-10/h3,6,13H,2,4-5,7-8H2,1H3/t10-,11-/m1/s1. The largest absolute Gasteiger partial charge is 0.385 e. The first kappa shape index (κ1) is 8.95. The predicted molar refractivity (Wildman–Crippen MR) is 50.3 cm³/mol. The fraction of sp³-hybridized carbons (Fsp3) is 0.727. The molecule has 0 saturated heterocycles. The van der Waals surface area contributed by atoms with Crippen molar-refractivity contribution in [3.05, 3.63) is 12.2 Å². The Labute approximate surface area is 78.6 Å². The summed E-state index contributed by atoms with van der Waals surface area (Å²) in [5, 5.41) is 10.3. The molecule has 2 nitrogen and oxygen atoms in total. The summed E-state index contributed by atoms with van der Waals surface area (Å²) in [6.07, 6.45) is 7.69. The van der Waals surface area contributed by atoms with Crippen LogP contribution < -0.4 is 0 Å². The Morgan fingerprint density at radius 3 is 3.00 bits per heavy atom. The number of hydrogen-bond donors (Lipinski definition) is 1. The summed E-state index contributed by atoms with van der Waals surface area (Å²) in [7, 11) is 0. The number of aliphatic hydroxyl groups is 1. The molecule has 0 aromatic carbocycles. The van der Waals surface area contributed by atoms with Gasteiger partial charge in [0.2, 0.25) is 0 Å². The molecule has 0 unspecified atom stereocenters. The van der Waals surface area contributed by atoms with E-state index in [-0.39, 0.29) is 11.2 Å². The van der Waals surface area contributed by atoms with Crippen molar-refractivity contribution in [2.45, 2.75) is 44.6 Å². The highest BCUT2D eigenvalue weighted by atomic mass is 16.3. The second-order valence-electron chi connectivity index (χ2n) is 4.64. The van der Waals surface area contributed by atoms with Gasteiger partial charge in [0.25, 0.3) is 0 Å². The molecule has 0 aromatic heterocycles. The Hall–Kier alpha value is -0.630. The molecule has 1 N–H and O–H groups in total. The van der Waals surface area contributed by atoms with Gasteiger partial charge in [0.1, 0.15) is 5.78 Å². The lowest BCUT2D eigenvalue weighted by atomic mass is 9.60. The normalized spacial score (nSPS) is 44.6. The molecule has 0 spiro atoms. The van der Waals surface area contributed by atoms with E-state index in [9.17, 15) is 9.90 Å². The van der Waals surface area contributed by atoms with Crippen LogP contribution in [-0.2, 0) is 4.79 Å². The monoisotopic (exact) mass is 180 g/mol. The first-order valence-electron chi connectivity index (χ1n) is 4.98. The maximum Gasteiger partial charge on any atom is 0.136 e. The summed E-state index contributed by atoms with van der Waals surface area (Å²) in [4.78, 5) is 11.3. The predicted octanol–water partition coefficient (Wildman–Crippen LogP) is 1.83. The maximum absolute atomic E-state index is 11.3. The summed E-state index contributed by atoms with van der Waals surface area (Å²) in [5.74, 6) is 0.200. The molecule has 0 heterocycles. The lowest BCUT2D eigenvalue weighted by Gasteiger charge is -2.48. The maximum atomic E-state index is 11.3. The molecule has 2 aliphatic carbocycles. The average Bonchev–Trinajstić information content (AvgIpc) is 2.07. The van der Waals surface area contributed by atoms with Gasteiger partial charge in [0, 0.05) is 18.3 Å². The van der Waals surface area contributed by atoms with Crippen LogP contribution in [0.15, 0.2) is 12.2 Å². The fourth-order valence-corrected chi connectivity index (χ4v) is 2.52. The third kappa shape index (κ3) is 1.24. The topological polar surface area (TPSA) is 37.3 Å². The van der Waals surface area contributed by atoms with Gasteiger partial charge in [0.05, 0.1) is 5.60 Å². The highest BCUT2D eigenvalue weighted by Crippen LogP contribution is 2.49. The highest BCUT2D eigenvalue weighted by Gasteiger charge is 2.49. The summed E-state index contributed by atoms with van der Waals surface area (Å²) in [6.45, 7) is 2.10. The molecule has 2 heteroatoms. The third-order valence-corrected chi connectivity index (χ3v) is 3.72. The average molecular weight is 180 g/mol. The van der Waals surface area contributed by atoms with E-state index in [0.717, 1.165) is 19.3 Å². The molecule has 0 amide bonds. The summed E-state index contributed by atoms with van der Waals surface area (Å²) in [6, 6.07) is 0. The van der Waals surface area contributed by atoms with Gasteiger partial charge in [0.15, 0.2) is 0 Å². The van der Waals surface area contributed by atoms with Gasteiger partial charge in [-0.3, -0.25) is 4.79 Å². The summed E-state index contributed by atoms with van der Waals surface area (Å²) in [5.41, 5.74) is -0.907.